The Morgan fingerprint density at radius 2 is 2.05 bits per heavy atom. The summed E-state index contributed by atoms with van der Waals surface area (Å²) in [6.07, 6.45) is 0.530. The van der Waals surface area contributed by atoms with Crippen LogP contribution in [-0.2, 0) is 0 Å². The topological polar surface area (TPSA) is 60.1 Å². The van der Waals surface area contributed by atoms with Crippen molar-refractivity contribution in [2.45, 2.75) is 26.3 Å². The van der Waals surface area contributed by atoms with Gasteiger partial charge in [0.05, 0.1) is 17.7 Å². The van der Waals surface area contributed by atoms with Crippen molar-refractivity contribution in [1.82, 2.24) is 4.90 Å². The van der Waals surface area contributed by atoms with Gasteiger partial charge in [-0.05, 0) is 32.0 Å². The lowest BCUT2D eigenvalue weighted by atomic mass is 10.2. The standard InChI is InChI=1S/C15H19N3O/c1-13(2)18(8-4-7-16)9-10-19-15-6-3-5-14(11-15)12-17/h3,5-6,11,13H,4,8-10H2,1-2H3. The van der Waals surface area contributed by atoms with Crippen LogP contribution in [0.1, 0.15) is 25.8 Å². The molecule has 0 fully saturated rings. The summed E-state index contributed by atoms with van der Waals surface area (Å²) in [5.74, 6) is 0.711. The lowest BCUT2D eigenvalue weighted by Gasteiger charge is -2.25. The zero-order chi connectivity index (χ0) is 14.1. The Morgan fingerprint density at radius 3 is 2.68 bits per heavy atom. The second kappa shape index (κ2) is 8.13. The van der Waals surface area contributed by atoms with Gasteiger partial charge in [0, 0.05) is 25.6 Å². The molecular formula is C15H19N3O. The summed E-state index contributed by atoms with van der Waals surface area (Å²) in [7, 11) is 0. The fourth-order valence-electron chi connectivity index (χ4n) is 1.76. The van der Waals surface area contributed by atoms with E-state index in [9.17, 15) is 0 Å². The predicted molar refractivity (Wildman–Crippen MR) is 73.6 cm³/mol. The Balaban J connectivity index is 2.43. The minimum atomic E-state index is 0.391. The summed E-state index contributed by atoms with van der Waals surface area (Å²) in [5, 5.41) is 17.4. The fourth-order valence-corrected chi connectivity index (χ4v) is 1.76. The second-order valence-electron chi connectivity index (χ2n) is 4.53. The van der Waals surface area contributed by atoms with E-state index in [-0.39, 0.29) is 0 Å². The van der Waals surface area contributed by atoms with Crippen molar-refractivity contribution in [3.63, 3.8) is 0 Å². The summed E-state index contributed by atoms with van der Waals surface area (Å²) >= 11 is 0. The number of nitrogens with zero attached hydrogens (tertiary/aromatic N) is 3. The van der Waals surface area contributed by atoms with Gasteiger partial charge >= 0.3 is 0 Å². The SMILES string of the molecule is CC(C)N(CCC#N)CCOc1cccc(C#N)c1. The molecule has 0 radical (unpaired) electrons. The van der Waals surface area contributed by atoms with Gasteiger partial charge in [0.1, 0.15) is 12.4 Å². The number of rotatable bonds is 7. The molecule has 4 heteroatoms. The second-order valence-corrected chi connectivity index (χ2v) is 4.53. The Hall–Kier alpha value is -2.04. The first-order valence-electron chi connectivity index (χ1n) is 6.41. The molecule has 0 unspecified atom stereocenters. The molecular weight excluding hydrogens is 238 g/mol. The van der Waals surface area contributed by atoms with E-state index >= 15 is 0 Å². The van der Waals surface area contributed by atoms with Crippen LogP contribution in [-0.4, -0.2) is 30.6 Å². The van der Waals surface area contributed by atoms with Crippen molar-refractivity contribution in [3.8, 4) is 17.9 Å². The maximum atomic E-state index is 8.80. The van der Waals surface area contributed by atoms with E-state index < -0.39 is 0 Å². The molecule has 0 heterocycles. The Bertz CT molecular complexity index is 471. The molecule has 100 valence electrons. The van der Waals surface area contributed by atoms with E-state index in [4.69, 9.17) is 15.3 Å². The van der Waals surface area contributed by atoms with E-state index in [0.717, 1.165) is 13.1 Å². The molecule has 1 aromatic carbocycles. The molecule has 0 aliphatic carbocycles. The van der Waals surface area contributed by atoms with Crippen molar-refractivity contribution in [2.75, 3.05) is 19.7 Å². The number of hydrogen-bond donors (Lipinski definition) is 0. The number of hydrogen-bond acceptors (Lipinski definition) is 4. The molecule has 0 aromatic heterocycles. The quantitative estimate of drug-likeness (QED) is 0.753. The predicted octanol–water partition coefficient (Wildman–Crippen LogP) is 2.56. The third-order valence-electron chi connectivity index (χ3n) is 2.85. The highest BCUT2D eigenvalue weighted by Gasteiger charge is 2.08. The maximum absolute atomic E-state index is 8.80. The molecule has 0 atom stereocenters. The van der Waals surface area contributed by atoms with Gasteiger partial charge in [-0.1, -0.05) is 6.07 Å². The molecule has 1 aromatic rings. The van der Waals surface area contributed by atoms with Gasteiger partial charge < -0.3 is 4.74 Å². The molecule has 0 saturated heterocycles. The highest BCUT2D eigenvalue weighted by Crippen LogP contribution is 2.12. The van der Waals surface area contributed by atoms with Crippen LogP contribution in [0.2, 0.25) is 0 Å². The van der Waals surface area contributed by atoms with Crippen molar-refractivity contribution in [3.05, 3.63) is 29.8 Å². The number of benzene rings is 1. The largest absolute Gasteiger partial charge is 0.492 e. The lowest BCUT2D eigenvalue weighted by molar-refractivity contribution is 0.179. The molecule has 0 saturated carbocycles. The molecule has 0 amide bonds. The zero-order valence-corrected chi connectivity index (χ0v) is 11.5. The maximum Gasteiger partial charge on any atom is 0.120 e. The highest BCUT2D eigenvalue weighted by molar-refractivity contribution is 5.36. The van der Waals surface area contributed by atoms with Crippen molar-refractivity contribution >= 4 is 0 Å². The van der Waals surface area contributed by atoms with Crippen LogP contribution >= 0.6 is 0 Å². The summed E-state index contributed by atoms with van der Waals surface area (Å²) in [6.45, 7) is 6.30. The Labute approximate surface area is 114 Å². The first-order chi connectivity index (χ1) is 9.17. The third-order valence-corrected chi connectivity index (χ3v) is 2.85. The molecule has 1 rings (SSSR count). The summed E-state index contributed by atoms with van der Waals surface area (Å²) < 4.78 is 5.63. The molecule has 0 spiro atoms. The minimum Gasteiger partial charge on any atom is -0.492 e. The van der Waals surface area contributed by atoms with E-state index in [1.165, 1.54) is 0 Å². The first-order valence-corrected chi connectivity index (χ1v) is 6.41. The zero-order valence-electron chi connectivity index (χ0n) is 11.5. The summed E-state index contributed by atoms with van der Waals surface area (Å²) in [5.41, 5.74) is 0.600. The van der Waals surface area contributed by atoms with Crippen molar-refractivity contribution in [2.24, 2.45) is 0 Å². The summed E-state index contributed by atoms with van der Waals surface area (Å²) in [4.78, 5) is 2.21. The van der Waals surface area contributed by atoms with Crippen LogP contribution in [0.5, 0.6) is 5.75 Å². The summed E-state index contributed by atoms with van der Waals surface area (Å²) in [6, 6.07) is 11.8. The first kappa shape index (κ1) is 15.0. The van der Waals surface area contributed by atoms with Crippen LogP contribution in [0.4, 0.5) is 0 Å². The third kappa shape index (κ3) is 5.42. The van der Waals surface area contributed by atoms with E-state index in [1.54, 1.807) is 12.1 Å². The molecule has 0 bridgehead atoms. The normalized spacial score (nSPS) is 10.2. The average Bonchev–Trinajstić information content (AvgIpc) is 2.42. The number of ether oxygens (including phenoxy) is 1. The van der Waals surface area contributed by atoms with Gasteiger partial charge in [0.25, 0.3) is 0 Å². The lowest BCUT2D eigenvalue weighted by Crippen LogP contribution is -2.35. The van der Waals surface area contributed by atoms with Gasteiger partial charge in [0.2, 0.25) is 0 Å². The number of nitriles is 2. The van der Waals surface area contributed by atoms with E-state index in [1.807, 2.05) is 12.1 Å². The van der Waals surface area contributed by atoms with Crippen LogP contribution in [0, 0.1) is 22.7 Å². The average molecular weight is 257 g/mol. The van der Waals surface area contributed by atoms with Gasteiger partial charge in [-0.2, -0.15) is 10.5 Å². The van der Waals surface area contributed by atoms with Crippen LogP contribution in [0.25, 0.3) is 0 Å². The van der Waals surface area contributed by atoms with Crippen LogP contribution in [0.15, 0.2) is 24.3 Å². The molecule has 19 heavy (non-hydrogen) atoms. The van der Waals surface area contributed by atoms with Gasteiger partial charge in [0.15, 0.2) is 0 Å². The molecule has 0 aliphatic heterocycles. The van der Waals surface area contributed by atoms with Crippen LogP contribution < -0.4 is 4.74 Å². The van der Waals surface area contributed by atoms with Gasteiger partial charge in [-0.15, -0.1) is 0 Å². The van der Waals surface area contributed by atoms with Gasteiger partial charge in [-0.3, -0.25) is 4.90 Å². The van der Waals surface area contributed by atoms with Crippen molar-refractivity contribution < 1.29 is 4.74 Å². The van der Waals surface area contributed by atoms with Crippen LogP contribution in [0.3, 0.4) is 0 Å². The highest BCUT2D eigenvalue weighted by atomic mass is 16.5. The molecule has 4 nitrogen and oxygen atoms in total. The fraction of sp³-hybridized carbons (Fsp3) is 0.467. The monoisotopic (exact) mass is 257 g/mol. The van der Waals surface area contributed by atoms with E-state index in [0.29, 0.717) is 30.4 Å². The Kier molecular flexibility index (Phi) is 6.43. The molecule has 0 N–H and O–H groups in total. The van der Waals surface area contributed by atoms with Crippen molar-refractivity contribution in [1.29, 1.82) is 10.5 Å². The smallest absolute Gasteiger partial charge is 0.120 e. The van der Waals surface area contributed by atoms with Gasteiger partial charge in [-0.25, -0.2) is 0 Å². The molecule has 0 aliphatic rings. The Morgan fingerprint density at radius 1 is 1.26 bits per heavy atom. The minimum absolute atomic E-state index is 0.391. The van der Waals surface area contributed by atoms with E-state index in [2.05, 4.69) is 30.9 Å².